The van der Waals surface area contributed by atoms with Crippen LogP contribution in [0.1, 0.15) is 54.4 Å². The van der Waals surface area contributed by atoms with E-state index in [2.05, 4.69) is 13.8 Å². The summed E-state index contributed by atoms with van der Waals surface area (Å²) in [4.78, 5) is 0. The molecule has 0 radical (unpaired) electrons. The predicted octanol–water partition coefficient (Wildman–Crippen LogP) is 1.17. The molecule has 0 rings (SSSR count). The topological polar surface area (TPSA) is 18.5 Å². The zero-order chi connectivity index (χ0) is 12.3. The van der Waals surface area contributed by atoms with E-state index in [9.17, 15) is 0 Å². The first-order chi connectivity index (χ1) is 6.54. The van der Waals surface area contributed by atoms with E-state index in [1.807, 2.05) is 27.7 Å². The molecule has 0 aromatic rings. The van der Waals surface area contributed by atoms with E-state index >= 15 is 0 Å². The van der Waals surface area contributed by atoms with Gasteiger partial charge in [0.25, 0.3) is 0 Å². The molecule has 6 heteroatoms. The molecule has 2 nitrogen and oxygen atoms in total. The fourth-order valence-electron chi connectivity index (χ4n) is 0.753. The van der Waals surface area contributed by atoms with Crippen LogP contribution in [0.15, 0.2) is 0 Å². The fraction of sp³-hybridized carbons (Fsp3) is 1.00. The standard InChI is InChI=1S/C10H23O2PS2.K/c1-7-9(3,4)11-13(14,15)12-10(5,6)8-2;/h7-8H2,1-6H3,(H,14,15);/q;+1/p-1. The number of hydrogen-bond donors (Lipinski definition) is 0. The van der Waals surface area contributed by atoms with Gasteiger partial charge in [-0.3, -0.25) is 0 Å². The Morgan fingerprint density at radius 3 is 1.31 bits per heavy atom. The maximum absolute atomic E-state index is 5.73. The van der Waals surface area contributed by atoms with Gasteiger partial charge in [0.1, 0.15) is 11.2 Å². The van der Waals surface area contributed by atoms with Crippen molar-refractivity contribution in [3.63, 3.8) is 0 Å². The SMILES string of the molecule is CCC(C)(C)O[P+]([S-])([S-])OC(C)(C)CC.[K+]. The van der Waals surface area contributed by atoms with E-state index in [0.29, 0.717) is 0 Å². The molecule has 0 fully saturated rings. The van der Waals surface area contributed by atoms with E-state index in [1.54, 1.807) is 0 Å². The van der Waals surface area contributed by atoms with Crippen molar-refractivity contribution < 1.29 is 60.4 Å². The Hall–Kier alpha value is 2.69. The van der Waals surface area contributed by atoms with E-state index in [1.165, 1.54) is 0 Å². The second-order valence-electron chi connectivity index (χ2n) is 4.86. The van der Waals surface area contributed by atoms with E-state index < -0.39 is 6.12 Å². The van der Waals surface area contributed by atoms with Gasteiger partial charge in [-0.05, 0) is 40.5 Å². The van der Waals surface area contributed by atoms with Crippen LogP contribution in [0, 0.1) is 0 Å². The second kappa shape index (κ2) is 8.08. The Morgan fingerprint density at radius 2 is 1.12 bits per heavy atom. The minimum Gasteiger partial charge on any atom is -0.515 e. The minimum absolute atomic E-state index is 0. The van der Waals surface area contributed by atoms with E-state index in [4.69, 9.17) is 33.5 Å². The van der Waals surface area contributed by atoms with Gasteiger partial charge in [0.2, 0.25) is 0 Å². The smallest absolute Gasteiger partial charge is 0.515 e. The molecule has 0 bridgehead atoms. The van der Waals surface area contributed by atoms with Gasteiger partial charge in [-0.15, -0.1) is 0 Å². The van der Waals surface area contributed by atoms with Gasteiger partial charge in [-0.25, -0.2) is 9.05 Å². The summed E-state index contributed by atoms with van der Waals surface area (Å²) in [5.41, 5.74) is -0.581. The van der Waals surface area contributed by atoms with Crippen molar-refractivity contribution in [1.29, 1.82) is 0 Å². The molecule has 0 aliphatic rings. The van der Waals surface area contributed by atoms with Crippen molar-refractivity contribution in [1.82, 2.24) is 0 Å². The van der Waals surface area contributed by atoms with Gasteiger partial charge in [-0.2, -0.15) is 0 Å². The molecule has 0 saturated carbocycles. The summed E-state index contributed by atoms with van der Waals surface area (Å²) in [5.74, 6) is 0. The van der Waals surface area contributed by atoms with Gasteiger partial charge < -0.3 is 24.5 Å². The Labute approximate surface area is 154 Å². The zero-order valence-electron chi connectivity index (χ0n) is 11.5. The van der Waals surface area contributed by atoms with Crippen molar-refractivity contribution in [3.05, 3.63) is 0 Å². The van der Waals surface area contributed by atoms with Crippen LogP contribution in [0.4, 0.5) is 0 Å². The van der Waals surface area contributed by atoms with Crippen molar-refractivity contribution in [3.8, 4) is 0 Å². The van der Waals surface area contributed by atoms with Crippen LogP contribution in [-0.2, 0) is 33.5 Å². The Morgan fingerprint density at radius 1 is 0.875 bits per heavy atom. The summed E-state index contributed by atoms with van der Waals surface area (Å²) < 4.78 is 11.5. The summed E-state index contributed by atoms with van der Waals surface area (Å²) in [6.07, 6.45) is -0.806. The van der Waals surface area contributed by atoms with Crippen LogP contribution in [0.2, 0.25) is 0 Å². The Kier molecular flexibility index (Phi) is 10.6. The van der Waals surface area contributed by atoms with Crippen LogP contribution in [0.5, 0.6) is 0 Å². The van der Waals surface area contributed by atoms with Crippen molar-refractivity contribution in [2.45, 2.75) is 65.6 Å². The Bertz CT molecular complexity index is 191. The van der Waals surface area contributed by atoms with Crippen LogP contribution >= 0.6 is 6.12 Å². The molecule has 0 aliphatic carbocycles. The molecule has 0 aromatic carbocycles. The van der Waals surface area contributed by atoms with Gasteiger partial charge in [0.05, 0.1) is 0 Å². The van der Waals surface area contributed by atoms with Gasteiger partial charge in [-0.1, -0.05) is 13.8 Å². The zero-order valence-corrected chi connectivity index (χ0v) is 17.1. The first-order valence-corrected chi connectivity index (χ1v) is 8.91. The molecule has 0 aromatic heterocycles. The molecular weight excluding hydrogens is 286 g/mol. The average Bonchev–Trinajstić information content (AvgIpc) is 2.00. The van der Waals surface area contributed by atoms with Gasteiger partial charge in [0.15, 0.2) is 0 Å². The minimum atomic E-state index is -2.55. The molecule has 0 atom stereocenters. The Balaban J connectivity index is 0. The first kappa shape index (κ1) is 21.0. The molecule has 0 aliphatic heterocycles. The van der Waals surface area contributed by atoms with Crippen LogP contribution in [0.25, 0.3) is 0 Å². The quantitative estimate of drug-likeness (QED) is 0.416. The van der Waals surface area contributed by atoms with E-state index in [0.717, 1.165) is 12.8 Å². The molecule has 0 saturated heterocycles. The third kappa shape index (κ3) is 9.59. The molecule has 0 spiro atoms. The maximum Gasteiger partial charge on any atom is 1.00 e. The molecule has 0 N–H and O–H groups in total. The van der Waals surface area contributed by atoms with Gasteiger partial charge in [0, 0.05) is 6.12 Å². The fourth-order valence-corrected chi connectivity index (χ4v) is 4.68. The predicted molar refractivity (Wildman–Crippen MR) is 72.6 cm³/mol. The van der Waals surface area contributed by atoms with Crippen LogP contribution in [-0.4, -0.2) is 11.2 Å². The summed E-state index contributed by atoms with van der Waals surface area (Å²) in [6.45, 7) is 12.1. The van der Waals surface area contributed by atoms with Crippen molar-refractivity contribution in [2.24, 2.45) is 0 Å². The van der Waals surface area contributed by atoms with Crippen LogP contribution < -0.4 is 51.4 Å². The van der Waals surface area contributed by atoms with Crippen molar-refractivity contribution in [2.75, 3.05) is 0 Å². The summed E-state index contributed by atoms with van der Waals surface area (Å²) in [7, 11) is 0. The number of rotatable bonds is 6. The first-order valence-electron chi connectivity index (χ1n) is 5.26. The maximum atomic E-state index is 5.73. The third-order valence-electron chi connectivity index (χ3n) is 2.42. The van der Waals surface area contributed by atoms with E-state index in [-0.39, 0.29) is 62.6 Å². The molecule has 16 heavy (non-hydrogen) atoms. The molecule has 0 unspecified atom stereocenters. The second-order valence-corrected chi connectivity index (χ2v) is 9.69. The molecule has 0 heterocycles. The largest absolute Gasteiger partial charge is 1.00 e. The molecular formula is C10H22KO2PS2. The summed E-state index contributed by atoms with van der Waals surface area (Å²) in [6, 6.07) is 0. The summed E-state index contributed by atoms with van der Waals surface area (Å²) >= 11 is 10.5. The monoisotopic (exact) mass is 308 g/mol. The van der Waals surface area contributed by atoms with Crippen molar-refractivity contribution >= 4 is 30.6 Å². The third-order valence-corrected chi connectivity index (χ3v) is 4.75. The average molecular weight is 308 g/mol. The molecule has 0 amide bonds. The van der Waals surface area contributed by atoms with Gasteiger partial charge >= 0.3 is 51.4 Å². The molecule has 92 valence electrons. The summed E-state index contributed by atoms with van der Waals surface area (Å²) in [5, 5.41) is 0. The number of hydrogen-bond acceptors (Lipinski definition) is 4. The van der Waals surface area contributed by atoms with Crippen LogP contribution in [0.3, 0.4) is 0 Å². The normalized spacial score (nSPS) is 13.5.